The molecule has 0 spiro atoms. The summed E-state index contributed by atoms with van der Waals surface area (Å²) in [5, 5.41) is 8.13. The second-order valence-corrected chi connectivity index (χ2v) is 10.5. The van der Waals surface area contributed by atoms with Gasteiger partial charge in [0.05, 0.1) is 17.7 Å². The number of carbonyl (C=O) groups excluding carboxylic acids is 1. The van der Waals surface area contributed by atoms with Gasteiger partial charge in [0, 0.05) is 49.2 Å². The van der Waals surface area contributed by atoms with Crippen molar-refractivity contribution in [2.24, 2.45) is 11.8 Å². The van der Waals surface area contributed by atoms with Crippen molar-refractivity contribution in [3.8, 4) is 0 Å². The molecular weight excluding hydrogens is 481 g/mol. The number of hydrogen-bond acceptors (Lipinski definition) is 5. The molecule has 3 aliphatic rings. The van der Waals surface area contributed by atoms with E-state index < -0.39 is 12.0 Å². The van der Waals surface area contributed by atoms with Gasteiger partial charge in [-0.3, -0.25) is 9.78 Å². The summed E-state index contributed by atoms with van der Waals surface area (Å²) in [7, 11) is 0. The third-order valence-corrected chi connectivity index (χ3v) is 8.02. The number of carbonyl (C=O) groups is 1. The molecule has 0 N–H and O–H groups in total. The molecule has 2 fully saturated rings. The predicted octanol–water partition coefficient (Wildman–Crippen LogP) is 4.87. The maximum Gasteiger partial charge on any atom is 0.451 e. The molecule has 0 unspecified atom stereocenters. The van der Waals surface area contributed by atoms with E-state index in [1.54, 1.807) is 4.90 Å². The Kier molecular flexibility index (Phi) is 5.72. The fourth-order valence-corrected chi connectivity index (χ4v) is 5.89. The number of fused-ring (bicyclic) bond motifs is 2. The topological polar surface area (TPSA) is 67.2 Å². The first-order valence-corrected chi connectivity index (χ1v) is 12.8. The molecule has 4 heterocycles. The zero-order chi connectivity index (χ0) is 25.9. The number of anilines is 1. The van der Waals surface area contributed by atoms with Crippen molar-refractivity contribution in [2.45, 2.75) is 51.4 Å². The van der Waals surface area contributed by atoms with Gasteiger partial charge in [-0.1, -0.05) is 31.7 Å². The minimum atomic E-state index is -4.56. The maximum atomic E-state index is 13.5. The number of amides is 1. The van der Waals surface area contributed by atoms with Gasteiger partial charge in [-0.05, 0) is 42.7 Å². The molecule has 0 bridgehead atoms. The quantitative estimate of drug-likeness (QED) is 0.501. The summed E-state index contributed by atoms with van der Waals surface area (Å²) in [4.78, 5) is 22.1. The number of halogens is 3. The van der Waals surface area contributed by atoms with Crippen molar-refractivity contribution in [1.29, 1.82) is 0 Å². The molecule has 2 aromatic heterocycles. The van der Waals surface area contributed by atoms with Crippen LogP contribution in [0, 0.1) is 11.8 Å². The van der Waals surface area contributed by atoms with E-state index in [0.29, 0.717) is 25.4 Å². The zero-order valence-corrected chi connectivity index (χ0v) is 20.7. The van der Waals surface area contributed by atoms with Gasteiger partial charge in [0.15, 0.2) is 5.82 Å². The molecule has 1 amide bonds. The molecule has 194 valence electrons. The van der Waals surface area contributed by atoms with Gasteiger partial charge < -0.3 is 14.4 Å². The maximum absolute atomic E-state index is 13.5. The van der Waals surface area contributed by atoms with Crippen LogP contribution in [-0.2, 0) is 24.1 Å². The Hall–Kier alpha value is -3.43. The summed E-state index contributed by atoms with van der Waals surface area (Å²) in [6, 6.07) is 6.57. The minimum absolute atomic E-state index is 0.0208. The van der Waals surface area contributed by atoms with Gasteiger partial charge in [-0.25, -0.2) is 0 Å². The lowest BCUT2D eigenvalue weighted by atomic mass is 9.85. The average Bonchev–Trinajstić information content (AvgIpc) is 3.64. The second kappa shape index (κ2) is 8.85. The van der Waals surface area contributed by atoms with Crippen LogP contribution in [0.2, 0.25) is 0 Å². The van der Waals surface area contributed by atoms with Crippen LogP contribution in [0.15, 0.2) is 31.0 Å². The van der Waals surface area contributed by atoms with E-state index in [0.717, 1.165) is 26.7 Å². The van der Waals surface area contributed by atoms with E-state index >= 15 is 0 Å². The van der Waals surface area contributed by atoms with Crippen molar-refractivity contribution in [1.82, 2.24) is 24.6 Å². The van der Waals surface area contributed by atoms with Gasteiger partial charge in [0.1, 0.15) is 0 Å². The van der Waals surface area contributed by atoms with E-state index in [4.69, 9.17) is 4.98 Å². The number of piperidine rings is 1. The molecule has 6 rings (SSSR count). The Morgan fingerprint density at radius 1 is 1.14 bits per heavy atom. The summed E-state index contributed by atoms with van der Waals surface area (Å²) < 4.78 is 40.6. The summed E-state index contributed by atoms with van der Waals surface area (Å²) >= 11 is 0. The number of pyridine rings is 1. The highest BCUT2D eigenvalue weighted by Crippen LogP contribution is 2.42. The van der Waals surface area contributed by atoms with Crippen molar-refractivity contribution in [2.75, 3.05) is 24.5 Å². The first kappa shape index (κ1) is 23.9. The summed E-state index contributed by atoms with van der Waals surface area (Å²) in [6.07, 6.45) is 2.29. The predicted molar refractivity (Wildman–Crippen MR) is 134 cm³/mol. The largest absolute Gasteiger partial charge is 0.451 e. The van der Waals surface area contributed by atoms with E-state index in [2.05, 4.69) is 46.8 Å². The number of aromatic nitrogens is 4. The van der Waals surface area contributed by atoms with Crippen LogP contribution in [-0.4, -0.2) is 50.2 Å². The van der Waals surface area contributed by atoms with Crippen LogP contribution in [0.25, 0.3) is 17.0 Å². The molecule has 2 atom stereocenters. The third kappa shape index (κ3) is 4.26. The molecule has 37 heavy (non-hydrogen) atoms. The van der Waals surface area contributed by atoms with Gasteiger partial charge in [0.2, 0.25) is 11.7 Å². The molecule has 3 aromatic rings. The Bertz CT molecular complexity index is 1380. The Morgan fingerprint density at radius 3 is 2.65 bits per heavy atom. The number of nitrogens with zero attached hydrogens (tertiary/aromatic N) is 6. The van der Waals surface area contributed by atoms with Gasteiger partial charge in [0.25, 0.3) is 0 Å². The summed E-state index contributed by atoms with van der Waals surface area (Å²) in [5.74, 6) is -0.315. The first-order valence-electron chi connectivity index (χ1n) is 12.8. The molecule has 1 aliphatic carbocycles. The van der Waals surface area contributed by atoms with Gasteiger partial charge >= 0.3 is 6.18 Å². The van der Waals surface area contributed by atoms with E-state index in [9.17, 15) is 18.0 Å². The summed E-state index contributed by atoms with van der Waals surface area (Å²) in [6.45, 7) is 7.79. The number of hydrogen-bond donors (Lipinski definition) is 0. The van der Waals surface area contributed by atoms with Gasteiger partial charge in [-0.2, -0.15) is 13.2 Å². The zero-order valence-electron chi connectivity index (χ0n) is 20.7. The van der Waals surface area contributed by atoms with E-state index in [-0.39, 0.29) is 43.2 Å². The van der Waals surface area contributed by atoms with E-state index in [1.165, 1.54) is 18.4 Å². The second-order valence-electron chi connectivity index (χ2n) is 10.5. The molecule has 10 heteroatoms. The molecule has 2 aliphatic heterocycles. The summed E-state index contributed by atoms with van der Waals surface area (Å²) in [5.41, 5.74) is 4.39. The Labute approximate surface area is 213 Å². The van der Waals surface area contributed by atoms with Crippen LogP contribution in [0.1, 0.15) is 54.9 Å². The highest BCUT2D eigenvalue weighted by atomic mass is 19.4. The SMILES string of the molecule is C=Cc1cnc2cc(C3CC3)ccc2c1N1CC[C@H](C(=O)N2CCn3c(nnc3C(F)(F)F)C2)[C@H](C)C1. The average molecular weight is 511 g/mol. The molecule has 1 saturated heterocycles. The minimum Gasteiger partial charge on any atom is -0.370 e. The smallest absolute Gasteiger partial charge is 0.370 e. The Balaban J connectivity index is 1.20. The van der Waals surface area contributed by atoms with Crippen LogP contribution in [0.3, 0.4) is 0 Å². The highest BCUT2D eigenvalue weighted by Gasteiger charge is 2.41. The fraction of sp³-hybridized carbons (Fsp3) is 0.481. The molecular formula is C27H29F3N6O. The molecule has 1 aromatic carbocycles. The monoisotopic (exact) mass is 510 g/mol. The van der Waals surface area contributed by atoms with Crippen LogP contribution >= 0.6 is 0 Å². The van der Waals surface area contributed by atoms with Crippen molar-refractivity contribution in [3.63, 3.8) is 0 Å². The molecule has 1 saturated carbocycles. The van der Waals surface area contributed by atoms with Crippen molar-refractivity contribution in [3.05, 3.63) is 53.8 Å². The number of alkyl halides is 3. The van der Waals surface area contributed by atoms with E-state index in [1.807, 2.05) is 12.3 Å². The standard InChI is InChI=1S/C27H29F3N6O/c1-3-17-13-31-22-12-19(18-4-5-18)6-7-21(22)24(17)34-9-8-20(16(2)14-34)25(37)35-10-11-36-23(15-35)32-33-26(36)27(28,29)30/h3,6-7,12-13,16,18,20H,1,4-5,8-11,14-15H2,2H3/t16-,20+/m1/s1. The highest BCUT2D eigenvalue weighted by molar-refractivity contribution is 5.96. The normalized spacial score (nSPS) is 22.3. The van der Waals surface area contributed by atoms with Crippen LogP contribution < -0.4 is 4.90 Å². The van der Waals surface area contributed by atoms with Crippen molar-refractivity contribution >= 4 is 28.6 Å². The lowest BCUT2D eigenvalue weighted by Gasteiger charge is -2.41. The first-order chi connectivity index (χ1) is 17.7. The molecule has 7 nitrogen and oxygen atoms in total. The Morgan fingerprint density at radius 2 is 1.95 bits per heavy atom. The number of rotatable bonds is 4. The lowest BCUT2D eigenvalue weighted by molar-refractivity contribution is -0.148. The van der Waals surface area contributed by atoms with Crippen molar-refractivity contribution < 1.29 is 18.0 Å². The van der Waals surface area contributed by atoms with Crippen LogP contribution in [0.4, 0.5) is 18.9 Å². The number of benzene rings is 1. The lowest BCUT2D eigenvalue weighted by Crippen LogP contribution is -2.49. The fourth-order valence-electron chi connectivity index (χ4n) is 5.89. The third-order valence-electron chi connectivity index (χ3n) is 8.02. The van der Waals surface area contributed by atoms with Gasteiger partial charge in [-0.15, -0.1) is 10.2 Å². The van der Waals surface area contributed by atoms with Crippen LogP contribution in [0.5, 0.6) is 0 Å². The molecule has 0 radical (unpaired) electrons.